The van der Waals surface area contributed by atoms with Crippen LogP contribution in [0.5, 0.6) is 0 Å². The number of hydrogen-bond acceptors (Lipinski definition) is 6. The molecule has 3 aromatic rings. The average molecular weight is 479 g/mol. The van der Waals surface area contributed by atoms with E-state index < -0.39 is 5.60 Å². The number of benzene rings is 1. The van der Waals surface area contributed by atoms with Crippen molar-refractivity contribution >= 4 is 40.2 Å². The predicted octanol–water partition coefficient (Wildman–Crippen LogP) is 5.80. The van der Waals surface area contributed by atoms with E-state index in [1.807, 2.05) is 31.7 Å². The fourth-order valence-corrected chi connectivity index (χ4v) is 5.39. The second-order valence-corrected chi connectivity index (χ2v) is 10.4. The third-order valence-corrected chi connectivity index (χ3v) is 6.88. The summed E-state index contributed by atoms with van der Waals surface area (Å²) in [6.45, 7) is 5.71. The molecule has 8 nitrogen and oxygen atoms in total. The Morgan fingerprint density at radius 1 is 1.18 bits per heavy atom. The monoisotopic (exact) mass is 478 g/mol. The molecule has 2 fully saturated rings. The summed E-state index contributed by atoms with van der Waals surface area (Å²) >= 11 is 6.35. The Bertz CT molecular complexity index is 1280. The molecular weight excluding hydrogens is 452 g/mol. The molecule has 2 aromatic heterocycles. The zero-order valence-corrected chi connectivity index (χ0v) is 20.2. The number of amides is 1. The quantitative estimate of drug-likeness (QED) is 0.510. The topological polar surface area (TPSA) is 96.1 Å². The number of anilines is 2. The van der Waals surface area contributed by atoms with E-state index in [0.29, 0.717) is 22.1 Å². The van der Waals surface area contributed by atoms with Gasteiger partial charge in [0.05, 0.1) is 27.7 Å². The first-order valence-electron chi connectivity index (χ1n) is 11.5. The summed E-state index contributed by atoms with van der Waals surface area (Å²) < 4.78 is 7.88. The highest BCUT2D eigenvalue weighted by Crippen LogP contribution is 2.43. The molecule has 34 heavy (non-hydrogen) atoms. The molecule has 2 aliphatic rings. The van der Waals surface area contributed by atoms with Gasteiger partial charge in [0.1, 0.15) is 23.4 Å². The van der Waals surface area contributed by atoms with Gasteiger partial charge in [0.2, 0.25) is 0 Å². The van der Waals surface area contributed by atoms with Crippen LogP contribution in [0.3, 0.4) is 0 Å². The minimum Gasteiger partial charge on any atom is -0.444 e. The van der Waals surface area contributed by atoms with E-state index in [0.717, 1.165) is 36.7 Å². The van der Waals surface area contributed by atoms with Gasteiger partial charge in [0.15, 0.2) is 0 Å². The van der Waals surface area contributed by atoms with Crippen LogP contribution in [0.15, 0.2) is 36.8 Å². The van der Waals surface area contributed by atoms with Crippen molar-refractivity contribution in [2.75, 3.05) is 5.32 Å². The Kier molecular flexibility index (Phi) is 5.61. The molecule has 3 atom stereocenters. The van der Waals surface area contributed by atoms with Crippen LogP contribution in [0.1, 0.15) is 58.1 Å². The molecule has 1 aromatic carbocycles. The summed E-state index contributed by atoms with van der Waals surface area (Å²) in [7, 11) is 0. The number of nitrogens with one attached hydrogen (secondary N) is 1. The standard InChI is InChI=1S/C25H27ClN6O2/c1-25(2,3)34-24(33)32-16-5-6-17(32)12-18(11-16)31-9-8-19-22(28-14-29-23(19)31)30-21-7-4-15(13-27)10-20(21)26/h4,7-10,14,16-18H,5-6,11-12H2,1-3H3,(H,28,29,30)/t16-,17?,18?/m0/s1. The van der Waals surface area contributed by atoms with Gasteiger partial charge in [-0.2, -0.15) is 5.26 Å². The largest absolute Gasteiger partial charge is 0.444 e. The molecule has 176 valence electrons. The summed E-state index contributed by atoms with van der Waals surface area (Å²) in [5.41, 5.74) is 1.53. The molecule has 1 N–H and O–H groups in total. The maximum absolute atomic E-state index is 12.8. The zero-order valence-electron chi connectivity index (χ0n) is 19.5. The van der Waals surface area contributed by atoms with Crippen LogP contribution in [0.4, 0.5) is 16.3 Å². The molecule has 0 aliphatic carbocycles. The van der Waals surface area contributed by atoms with Gasteiger partial charge in [-0.1, -0.05) is 11.6 Å². The first-order valence-corrected chi connectivity index (χ1v) is 11.9. The lowest BCUT2D eigenvalue weighted by atomic mass is 9.97. The van der Waals surface area contributed by atoms with Crippen molar-refractivity contribution in [3.8, 4) is 6.07 Å². The van der Waals surface area contributed by atoms with Crippen molar-refractivity contribution in [2.24, 2.45) is 0 Å². The van der Waals surface area contributed by atoms with Crippen LogP contribution in [0.25, 0.3) is 11.0 Å². The molecule has 0 saturated carbocycles. The van der Waals surface area contributed by atoms with Crippen LogP contribution >= 0.6 is 11.6 Å². The Balaban J connectivity index is 1.38. The number of carbonyl (C=O) groups is 1. The molecule has 2 aliphatic heterocycles. The van der Waals surface area contributed by atoms with Gasteiger partial charge in [-0.3, -0.25) is 0 Å². The number of nitrogens with zero attached hydrogens (tertiary/aromatic N) is 5. The highest BCUT2D eigenvalue weighted by Gasteiger charge is 2.45. The van der Waals surface area contributed by atoms with Crippen molar-refractivity contribution in [3.05, 3.63) is 47.4 Å². The molecule has 4 heterocycles. The van der Waals surface area contributed by atoms with Crippen LogP contribution in [0, 0.1) is 11.3 Å². The molecule has 2 saturated heterocycles. The molecule has 2 unspecified atom stereocenters. The second kappa shape index (κ2) is 8.48. The Labute approximate surface area is 203 Å². The highest BCUT2D eigenvalue weighted by atomic mass is 35.5. The lowest BCUT2D eigenvalue weighted by Crippen LogP contribution is -2.48. The number of rotatable bonds is 3. The lowest BCUT2D eigenvalue weighted by molar-refractivity contribution is 0.00314. The van der Waals surface area contributed by atoms with E-state index in [2.05, 4.69) is 32.1 Å². The van der Waals surface area contributed by atoms with E-state index >= 15 is 0 Å². The average Bonchev–Trinajstić information content (AvgIpc) is 3.33. The number of nitriles is 1. The fourth-order valence-electron chi connectivity index (χ4n) is 5.17. The molecule has 9 heteroatoms. The molecule has 1 amide bonds. The number of aromatic nitrogens is 3. The minimum absolute atomic E-state index is 0.174. The van der Waals surface area contributed by atoms with Gasteiger partial charge in [-0.05, 0) is 70.7 Å². The molecule has 0 radical (unpaired) electrons. The van der Waals surface area contributed by atoms with Gasteiger partial charge in [-0.25, -0.2) is 14.8 Å². The number of carbonyl (C=O) groups excluding carboxylic acids is 1. The van der Waals surface area contributed by atoms with Crippen LogP contribution < -0.4 is 5.32 Å². The molecular formula is C25H27ClN6O2. The zero-order chi connectivity index (χ0) is 24.0. The van der Waals surface area contributed by atoms with E-state index in [-0.39, 0.29) is 24.2 Å². The summed E-state index contributed by atoms with van der Waals surface area (Å²) in [6.07, 6.45) is 7.13. The van der Waals surface area contributed by atoms with E-state index in [9.17, 15) is 4.79 Å². The van der Waals surface area contributed by atoms with E-state index in [4.69, 9.17) is 21.6 Å². The summed E-state index contributed by atoms with van der Waals surface area (Å²) in [4.78, 5) is 23.8. The van der Waals surface area contributed by atoms with Crippen molar-refractivity contribution in [3.63, 3.8) is 0 Å². The third kappa shape index (κ3) is 4.16. The van der Waals surface area contributed by atoms with Crippen LogP contribution in [-0.4, -0.2) is 43.2 Å². The van der Waals surface area contributed by atoms with Crippen molar-refractivity contribution in [1.29, 1.82) is 5.26 Å². The Hall–Kier alpha value is -3.31. The Morgan fingerprint density at radius 2 is 1.91 bits per heavy atom. The van der Waals surface area contributed by atoms with Gasteiger partial charge in [-0.15, -0.1) is 0 Å². The highest BCUT2D eigenvalue weighted by molar-refractivity contribution is 6.33. The molecule has 0 spiro atoms. The SMILES string of the molecule is CC(C)(C)OC(=O)N1C2CC[C@H]1CC(n1ccc3c(Nc4ccc(C#N)cc4Cl)ncnc31)C2. The third-order valence-electron chi connectivity index (χ3n) is 6.57. The van der Waals surface area contributed by atoms with Gasteiger partial charge >= 0.3 is 6.09 Å². The summed E-state index contributed by atoms with van der Waals surface area (Å²) in [6, 6.07) is 9.81. The minimum atomic E-state index is -0.498. The predicted molar refractivity (Wildman–Crippen MR) is 130 cm³/mol. The van der Waals surface area contributed by atoms with E-state index in [1.165, 1.54) is 0 Å². The molecule has 2 bridgehead atoms. The van der Waals surface area contributed by atoms with Crippen molar-refractivity contribution in [1.82, 2.24) is 19.4 Å². The maximum atomic E-state index is 12.8. The fraction of sp³-hybridized carbons (Fsp3) is 0.440. The van der Waals surface area contributed by atoms with Crippen LogP contribution in [-0.2, 0) is 4.74 Å². The number of halogens is 1. The summed E-state index contributed by atoms with van der Waals surface area (Å²) in [5, 5.41) is 13.7. The van der Waals surface area contributed by atoms with Gasteiger partial charge < -0.3 is 19.5 Å². The number of fused-ring (bicyclic) bond motifs is 3. The normalized spacial score (nSPS) is 22.0. The number of hydrogen-bond donors (Lipinski definition) is 1. The van der Waals surface area contributed by atoms with Gasteiger partial charge in [0, 0.05) is 24.3 Å². The summed E-state index contributed by atoms with van der Waals surface area (Å²) in [5.74, 6) is 0.657. The van der Waals surface area contributed by atoms with Crippen molar-refractivity contribution < 1.29 is 9.53 Å². The van der Waals surface area contributed by atoms with Crippen molar-refractivity contribution in [2.45, 2.75) is 70.2 Å². The lowest BCUT2D eigenvalue weighted by Gasteiger charge is -2.40. The first-order chi connectivity index (χ1) is 16.2. The first kappa shape index (κ1) is 22.5. The number of piperidine rings is 1. The van der Waals surface area contributed by atoms with Gasteiger partial charge in [0.25, 0.3) is 0 Å². The second-order valence-electron chi connectivity index (χ2n) is 10.0. The number of ether oxygens (including phenoxy) is 1. The van der Waals surface area contributed by atoms with E-state index in [1.54, 1.807) is 24.5 Å². The van der Waals surface area contributed by atoms with Crippen LogP contribution in [0.2, 0.25) is 5.02 Å². The molecule has 5 rings (SSSR count). The maximum Gasteiger partial charge on any atom is 0.410 e. The Morgan fingerprint density at radius 3 is 2.56 bits per heavy atom. The smallest absolute Gasteiger partial charge is 0.410 e.